The number of primary amides is 1. The number of urea groups is 1. The molecule has 3 rings (SSSR count). The molecular formula is C15H17N5O3. The third-order valence-corrected chi connectivity index (χ3v) is 3.47. The minimum atomic E-state index is -0.497. The monoisotopic (exact) mass is 315 g/mol. The van der Waals surface area contributed by atoms with E-state index in [1.807, 2.05) is 24.3 Å². The fourth-order valence-electron chi connectivity index (χ4n) is 2.49. The molecule has 8 nitrogen and oxygen atoms in total. The molecule has 0 fully saturated rings. The molecule has 23 heavy (non-hydrogen) atoms. The van der Waals surface area contributed by atoms with Gasteiger partial charge in [0.25, 0.3) is 0 Å². The lowest BCUT2D eigenvalue weighted by Crippen LogP contribution is -2.35. The van der Waals surface area contributed by atoms with Crippen molar-refractivity contribution >= 4 is 17.6 Å². The van der Waals surface area contributed by atoms with E-state index in [-0.39, 0.29) is 18.6 Å². The predicted molar refractivity (Wildman–Crippen MR) is 82.9 cm³/mol. The van der Waals surface area contributed by atoms with Crippen LogP contribution in [0.4, 0.5) is 10.5 Å². The van der Waals surface area contributed by atoms with Gasteiger partial charge >= 0.3 is 6.03 Å². The molecule has 1 aromatic heterocycles. The van der Waals surface area contributed by atoms with E-state index in [0.29, 0.717) is 18.7 Å². The molecule has 8 heteroatoms. The number of para-hydroxylation sites is 1. The second-order valence-corrected chi connectivity index (χ2v) is 5.22. The Bertz CT molecular complexity index is 727. The van der Waals surface area contributed by atoms with Gasteiger partial charge in [0.1, 0.15) is 12.3 Å². The number of ether oxygens (including phenoxy) is 1. The first-order valence-corrected chi connectivity index (χ1v) is 7.22. The zero-order chi connectivity index (χ0) is 16.2. The van der Waals surface area contributed by atoms with Crippen molar-refractivity contribution in [1.29, 1.82) is 0 Å². The van der Waals surface area contributed by atoms with Crippen molar-refractivity contribution in [3.63, 3.8) is 0 Å². The molecule has 1 aliphatic rings. The normalized spacial score (nSPS) is 16.1. The number of nitrogens with zero attached hydrogens (tertiary/aromatic N) is 2. The molecule has 3 amide bonds. The highest BCUT2D eigenvalue weighted by atomic mass is 16.5. The Kier molecular flexibility index (Phi) is 4.13. The molecule has 0 saturated heterocycles. The lowest BCUT2D eigenvalue weighted by Gasteiger charge is -2.26. The maximum atomic E-state index is 12.1. The van der Waals surface area contributed by atoms with E-state index >= 15 is 0 Å². The molecule has 4 N–H and O–H groups in total. The fourth-order valence-corrected chi connectivity index (χ4v) is 2.49. The van der Waals surface area contributed by atoms with Gasteiger partial charge in [-0.15, -0.1) is 0 Å². The van der Waals surface area contributed by atoms with Crippen molar-refractivity contribution in [2.24, 2.45) is 5.73 Å². The van der Waals surface area contributed by atoms with Gasteiger partial charge in [-0.25, -0.2) is 4.79 Å². The number of amides is 3. The predicted octanol–water partition coefficient (Wildman–Crippen LogP) is 1.01. The Balaban J connectivity index is 1.62. The van der Waals surface area contributed by atoms with Crippen LogP contribution in [0, 0.1) is 0 Å². The summed E-state index contributed by atoms with van der Waals surface area (Å²) >= 11 is 0. The van der Waals surface area contributed by atoms with Gasteiger partial charge in [0.2, 0.25) is 5.91 Å². The third-order valence-electron chi connectivity index (χ3n) is 3.47. The summed E-state index contributed by atoms with van der Waals surface area (Å²) in [6.07, 6.45) is 3.70. The number of nitrogens with one attached hydrogen (secondary N) is 2. The van der Waals surface area contributed by atoms with Gasteiger partial charge in [-0.3, -0.25) is 9.48 Å². The van der Waals surface area contributed by atoms with E-state index in [1.165, 1.54) is 10.9 Å². The maximum Gasteiger partial charge on any atom is 0.319 e. The number of rotatable bonds is 4. The Hall–Kier alpha value is -3.03. The smallest absolute Gasteiger partial charge is 0.319 e. The minimum Gasteiger partial charge on any atom is -0.493 e. The molecule has 120 valence electrons. The maximum absolute atomic E-state index is 12.1. The van der Waals surface area contributed by atoms with E-state index in [2.05, 4.69) is 15.7 Å². The van der Waals surface area contributed by atoms with Gasteiger partial charge in [-0.1, -0.05) is 18.2 Å². The number of anilines is 1. The summed E-state index contributed by atoms with van der Waals surface area (Å²) < 4.78 is 6.93. The van der Waals surface area contributed by atoms with Crippen LogP contribution in [-0.2, 0) is 11.3 Å². The van der Waals surface area contributed by atoms with Crippen LogP contribution in [0.5, 0.6) is 5.75 Å². The highest BCUT2D eigenvalue weighted by molar-refractivity contribution is 5.89. The second-order valence-electron chi connectivity index (χ2n) is 5.22. The van der Waals surface area contributed by atoms with Crippen LogP contribution in [0.15, 0.2) is 36.7 Å². The third kappa shape index (κ3) is 3.60. The van der Waals surface area contributed by atoms with Crippen molar-refractivity contribution in [3.8, 4) is 5.75 Å². The van der Waals surface area contributed by atoms with Crippen molar-refractivity contribution in [2.45, 2.75) is 19.0 Å². The standard InChI is InChI=1S/C15H17N5O3/c16-14(21)9-20-8-10(7-17-20)18-15(22)19-12-5-6-23-13-4-2-1-3-11(12)13/h1-4,7-8,12H,5-6,9H2,(H2,16,21)(H2,18,19,22)/t12-/m1/s1. The molecule has 2 heterocycles. The summed E-state index contributed by atoms with van der Waals surface area (Å²) in [6.45, 7) is 0.523. The number of hydrogen-bond donors (Lipinski definition) is 3. The zero-order valence-corrected chi connectivity index (χ0v) is 12.4. The number of benzene rings is 1. The molecular weight excluding hydrogens is 298 g/mol. The van der Waals surface area contributed by atoms with Crippen LogP contribution >= 0.6 is 0 Å². The zero-order valence-electron chi connectivity index (χ0n) is 12.4. The largest absolute Gasteiger partial charge is 0.493 e. The van der Waals surface area contributed by atoms with Gasteiger partial charge in [0, 0.05) is 18.2 Å². The first kappa shape index (κ1) is 14.9. The molecule has 0 saturated carbocycles. The van der Waals surface area contributed by atoms with Gasteiger partial charge in [-0.2, -0.15) is 5.10 Å². The molecule has 0 spiro atoms. The summed E-state index contributed by atoms with van der Waals surface area (Å²) in [6, 6.07) is 7.17. The van der Waals surface area contributed by atoms with Crippen LogP contribution in [0.2, 0.25) is 0 Å². The van der Waals surface area contributed by atoms with Gasteiger partial charge in [0.15, 0.2) is 0 Å². The lowest BCUT2D eigenvalue weighted by atomic mass is 10.0. The second kappa shape index (κ2) is 6.39. The van der Waals surface area contributed by atoms with Crippen molar-refractivity contribution < 1.29 is 14.3 Å². The van der Waals surface area contributed by atoms with Crippen molar-refractivity contribution in [2.75, 3.05) is 11.9 Å². The van der Waals surface area contributed by atoms with Crippen LogP contribution in [0.25, 0.3) is 0 Å². The summed E-state index contributed by atoms with van der Waals surface area (Å²) in [4.78, 5) is 23.0. The molecule has 0 radical (unpaired) electrons. The van der Waals surface area contributed by atoms with E-state index in [4.69, 9.17) is 10.5 Å². The van der Waals surface area contributed by atoms with Gasteiger partial charge in [-0.05, 0) is 6.07 Å². The van der Waals surface area contributed by atoms with E-state index < -0.39 is 5.91 Å². The van der Waals surface area contributed by atoms with Crippen molar-refractivity contribution in [1.82, 2.24) is 15.1 Å². The number of fused-ring (bicyclic) bond motifs is 1. The molecule has 0 unspecified atom stereocenters. The topological polar surface area (TPSA) is 111 Å². The Morgan fingerprint density at radius 1 is 1.39 bits per heavy atom. The Labute approximate surface area is 132 Å². The summed E-state index contributed by atoms with van der Waals surface area (Å²) in [5.41, 5.74) is 6.54. The number of nitrogens with two attached hydrogens (primary N) is 1. The number of aromatic nitrogens is 2. The lowest BCUT2D eigenvalue weighted by molar-refractivity contribution is -0.118. The molecule has 1 atom stereocenters. The first-order valence-electron chi connectivity index (χ1n) is 7.22. The van der Waals surface area contributed by atoms with Crippen LogP contribution in [0.1, 0.15) is 18.0 Å². The van der Waals surface area contributed by atoms with Crippen LogP contribution in [0.3, 0.4) is 0 Å². The van der Waals surface area contributed by atoms with E-state index in [9.17, 15) is 9.59 Å². The highest BCUT2D eigenvalue weighted by Gasteiger charge is 2.22. The molecule has 1 aromatic carbocycles. The number of hydrogen-bond acceptors (Lipinski definition) is 4. The SMILES string of the molecule is NC(=O)Cn1cc(NC(=O)N[C@@H]2CCOc3ccccc32)cn1. The van der Waals surface area contributed by atoms with E-state index in [1.54, 1.807) is 6.20 Å². The summed E-state index contributed by atoms with van der Waals surface area (Å²) in [5, 5.41) is 9.55. The van der Waals surface area contributed by atoms with Crippen LogP contribution < -0.4 is 21.1 Å². The minimum absolute atomic E-state index is 0.0311. The Morgan fingerprint density at radius 2 is 2.22 bits per heavy atom. The van der Waals surface area contributed by atoms with E-state index in [0.717, 1.165) is 11.3 Å². The number of carbonyl (C=O) groups excluding carboxylic acids is 2. The summed E-state index contributed by atoms with van der Waals surface area (Å²) in [7, 11) is 0. The first-order chi connectivity index (χ1) is 11.1. The van der Waals surface area contributed by atoms with Gasteiger partial charge < -0.3 is 21.1 Å². The molecule has 1 aliphatic heterocycles. The quantitative estimate of drug-likeness (QED) is 0.782. The van der Waals surface area contributed by atoms with Gasteiger partial charge in [0.05, 0.1) is 24.5 Å². The average Bonchev–Trinajstić information content (AvgIpc) is 2.93. The molecule has 0 bridgehead atoms. The highest BCUT2D eigenvalue weighted by Crippen LogP contribution is 2.31. The van der Waals surface area contributed by atoms with Crippen molar-refractivity contribution in [3.05, 3.63) is 42.2 Å². The average molecular weight is 315 g/mol. The summed E-state index contributed by atoms with van der Waals surface area (Å²) in [5.74, 6) is 0.293. The molecule has 0 aliphatic carbocycles. The van der Waals surface area contributed by atoms with Crippen LogP contribution in [-0.4, -0.2) is 28.3 Å². The molecule has 2 aromatic rings. The Morgan fingerprint density at radius 3 is 3.04 bits per heavy atom. The number of carbonyl (C=O) groups is 2. The fraction of sp³-hybridized carbons (Fsp3) is 0.267.